The van der Waals surface area contributed by atoms with Crippen molar-refractivity contribution in [2.45, 2.75) is 20.8 Å². The Morgan fingerprint density at radius 1 is 1.23 bits per heavy atom. The van der Waals surface area contributed by atoms with Crippen LogP contribution in [0.2, 0.25) is 5.02 Å². The van der Waals surface area contributed by atoms with Gasteiger partial charge in [-0.2, -0.15) is 0 Å². The lowest BCUT2D eigenvalue weighted by atomic mass is 10.3. The molecule has 0 radical (unpaired) electrons. The number of hydrogen-bond acceptors (Lipinski definition) is 4. The largest absolute Gasteiger partial charge is 0.339 e. The van der Waals surface area contributed by atoms with E-state index in [2.05, 4.69) is 15.3 Å². The molecule has 5 nitrogen and oxygen atoms in total. The molecule has 0 aliphatic rings. The molecule has 0 spiro atoms. The average Bonchev–Trinajstić information content (AvgIpc) is 2.50. The first-order chi connectivity index (χ1) is 10.5. The van der Waals surface area contributed by atoms with Gasteiger partial charge in [0.1, 0.15) is 17.3 Å². The summed E-state index contributed by atoms with van der Waals surface area (Å²) in [6.45, 7) is 6.94. The predicted octanol–water partition coefficient (Wildman–Crippen LogP) is 3.66. The van der Waals surface area contributed by atoms with Crippen molar-refractivity contribution in [2.75, 3.05) is 18.4 Å². The van der Waals surface area contributed by atoms with E-state index in [4.69, 9.17) is 11.6 Å². The molecule has 0 fully saturated rings. The highest BCUT2D eigenvalue weighted by Gasteiger charge is 2.16. The van der Waals surface area contributed by atoms with Crippen molar-refractivity contribution in [2.24, 2.45) is 0 Å². The van der Waals surface area contributed by atoms with Crippen LogP contribution in [0.3, 0.4) is 0 Å². The second-order valence-electron chi connectivity index (χ2n) is 4.77. The summed E-state index contributed by atoms with van der Waals surface area (Å²) in [5.74, 6) is 0.987. The second-order valence-corrected chi connectivity index (χ2v) is 5.18. The molecule has 2 rings (SSSR count). The van der Waals surface area contributed by atoms with Gasteiger partial charge in [-0.25, -0.2) is 9.97 Å². The summed E-state index contributed by atoms with van der Waals surface area (Å²) >= 11 is 6.13. The van der Waals surface area contributed by atoms with E-state index in [1.165, 1.54) is 0 Å². The Labute approximate surface area is 135 Å². The third-order valence-corrected chi connectivity index (χ3v) is 3.57. The quantitative estimate of drug-likeness (QED) is 0.914. The van der Waals surface area contributed by atoms with Gasteiger partial charge in [-0.1, -0.05) is 23.7 Å². The van der Waals surface area contributed by atoms with Crippen molar-refractivity contribution >= 4 is 29.0 Å². The van der Waals surface area contributed by atoms with Gasteiger partial charge in [-0.15, -0.1) is 0 Å². The average molecular weight is 319 g/mol. The van der Waals surface area contributed by atoms with Gasteiger partial charge in [-0.05, 0) is 32.9 Å². The van der Waals surface area contributed by atoms with Crippen LogP contribution >= 0.6 is 11.6 Å². The summed E-state index contributed by atoms with van der Waals surface area (Å²) < 4.78 is 0. The number of para-hydroxylation sites is 1. The molecular weight excluding hydrogens is 300 g/mol. The maximum absolute atomic E-state index is 12.4. The summed E-state index contributed by atoms with van der Waals surface area (Å²) in [4.78, 5) is 22.7. The highest BCUT2D eigenvalue weighted by Crippen LogP contribution is 2.24. The number of hydrogen-bond donors (Lipinski definition) is 1. The second kappa shape index (κ2) is 7.22. The first-order valence-corrected chi connectivity index (χ1v) is 7.59. The maximum Gasteiger partial charge on any atom is 0.272 e. The van der Waals surface area contributed by atoms with Crippen LogP contribution in [-0.4, -0.2) is 33.9 Å². The summed E-state index contributed by atoms with van der Waals surface area (Å²) in [5, 5.41) is 3.72. The minimum Gasteiger partial charge on any atom is -0.339 e. The van der Waals surface area contributed by atoms with E-state index >= 15 is 0 Å². The molecule has 22 heavy (non-hydrogen) atoms. The molecule has 0 atom stereocenters. The SMILES string of the molecule is CCN(CC)C(=O)c1cc(Nc2ccccc2Cl)nc(C)n1. The molecule has 2 aromatic rings. The van der Waals surface area contributed by atoms with Gasteiger partial charge in [0, 0.05) is 19.2 Å². The maximum atomic E-state index is 12.4. The number of carbonyl (C=O) groups is 1. The van der Waals surface area contributed by atoms with Crippen molar-refractivity contribution in [3.8, 4) is 0 Å². The number of anilines is 2. The number of carbonyl (C=O) groups excluding carboxylic acids is 1. The lowest BCUT2D eigenvalue weighted by Gasteiger charge is -2.18. The fourth-order valence-electron chi connectivity index (χ4n) is 2.11. The number of benzene rings is 1. The predicted molar refractivity (Wildman–Crippen MR) is 88.8 cm³/mol. The summed E-state index contributed by atoms with van der Waals surface area (Å²) in [5.41, 5.74) is 1.12. The molecular formula is C16H19ClN4O. The van der Waals surface area contributed by atoms with Gasteiger partial charge in [-0.3, -0.25) is 4.79 Å². The van der Waals surface area contributed by atoms with Crippen LogP contribution < -0.4 is 5.32 Å². The van der Waals surface area contributed by atoms with Gasteiger partial charge in [0.05, 0.1) is 10.7 Å². The van der Waals surface area contributed by atoms with E-state index < -0.39 is 0 Å². The van der Waals surface area contributed by atoms with Crippen LogP contribution in [0.5, 0.6) is 0 Å². The molecule has 1 aromatic carbocycles. The van der Waals surface area contributed by atoms with Gasteiger partial charge < -0.3 is 10.2 Å². The Morgan fingerprint density at radius 3 is 2.55 bits per heavy atom. The van der Waals surface area contributed by atoms with Crippen LogP contribution in [-0.2, 0) is 0 Å². The number of aryl methyl sites for hydroxylation is 1. The molecule has 116 valence electrons. The first kappa shape index (κ1) is 16.2. The van der Waals surface area contributed by atoms with Gasteiger partial charge in [0.15, 0.2) is 0 Å². The number of halogens is 1. The number of rotatable bonds is 5. The zero-order chi connectivity index (χ0) is 16.1. The van der Waals surface area contributed by atoms with Crippen molar-refractivity contribution < 1.29 is 4.79 Å². The van der Waals surface area contributed by atoms with Gasteiger partial charge >= 0.3 is 0 Å². The molecule has 1 amide bonds. The number of nitrogens with zero attached hydrogens (tertiary/aromatic N) is 3. The van der Waals surface area contributed by atoms with Crippen molar-refractivity contribution in [1.82, 2.24) is 14.9 Å². The molecule has 1 heterocycles. The van der Waals surface area contributed by atoms with Gasteiger partial charge in [0.25, 0.3) is 5.91 Å². The first-order valence-electron chi connectivity index (χ1n) is 7.21. The third kappa shape index (κ3) is 3.74. The molecule has 0 bridgehead atoms. The van der Waals surface area contributed by atoms with Crippen LogP contribution in [0.4, 0.5) is 11.5 Å². The van der Waals surface area contributed by atoms with Gasteiger partial charge in [0.2, 0.25) is 0 Å². The molecule has 1 aromatic heterocycles. The fourth-order valence-corrected chi connectivity index (χ4v) is 2.30. The number of aromatic nitrogens is 2. The third-order valence-electron chi connectivity index (χ3n) is 3.24. The highest BCUT2D eigenvalue weighted by molar-refractivity contribution is 6.33. The molecule has 0 aliphatic heterocycles. The zero-order valence-electron chi connectivity index (χ0n) is 12.9. The van der Waals surface area contributed by atoms with E-state index in [0.29, 0.717) is 35.4 Å². The lowest BCUT2D eigenvalue weighted by molar-refractivity contribution is 0.0766. The van der Waals surface area contributed by atoms with E-state index in [0.717, 1.165) is 5.69 Å². The van der Waals surface area contributed by atoms with Crippen LogP contribution in [0.25, 0.3) is 0 Å². The normalized spacial score (nSPS) is 10.4. The van der Waals surface area contributed by atoms with Crippen molar-refractivity contribution in [1.29, 1.82) is 0 Å². The Morgan fingerprint density at radius 2 is 1.91 bits per heavy atom. The highest BCUT2D eigenvalue weighted by atomic mass is 35.5. The summed E-state index contributed by atoms with van der Waals surface area (Å²) in [6.07, 6.45) is 0. The Kier molecular flexibility index (Phi) is 5.33. The lowest BCUT2D eigenvalue weighted by Crippen LogP contribution is -2.31. The van der Waals surface area contributed by atoms with E-state index in [1.807, 2.05) is 32.0 Å². The molecule has 1 N–H and O–H groups in total. The molecule has 0 saturated carbocycles. The van der Waals surface area contributed by atoms with Crippen molar-refractivity contribution in [3.05, 3.63) is 46.9 Å². The van der Waals surface area contributed by atoms with E-state index in [-0.39, 0.29) is 5.91 Å². The monoisotopic (exact) mass is 318 g/mol. The molecule has 6 heteroatoms. The standard InChI is InChI=1S/C16H19ClN4O/c1-4-21(5-2)16(22)14-10-15(19-11(3)18-14)20-13-9-7-6-8-12(13)17/h6-10H,4-5H2,1-3H3,(H,18,19,20). The van der Waals surface area contributed by atoms with E-state index in [9.17, 15) is 4.79 Å². The number of amides is 1. The minimum atomic E-state index is -0.0993. The molecule has 0 aliphatic carbocycles. The topological polar surface area (TPSA) is 58.1 Å². The van der Waals surface area contributed by atoms with E-state index in [1.54, 1.807) is 24.0 Å². The zero-order valence-corrected chi connectivity index (χ0v) is 13.7. The Hall–Kier alpha value is -2.14. The fraction of sp³-hybridized carbons (Fsp3) is 0.312. The van der Waals surface area contributed by atoms with Crippen molar-refractivity contribution in [3.63, 3.8) is 0 Å². The minimum absolute atomic E-state index is 0.0993. The smallest absolute Gasteiger partial charge is 0.272 e. The molecule has 0 unspecified atom stereocenters. The Balaban J connectivity index is 2.31. The number of nitrogens with one attached hydrogen (secondary N) is 1. The van der Waals surface area contributed by atoms with Crippen LogP contribution in [0, 0.1) is 6.92 Å². The van der Waals surface area contributed by atoms with Crippen LogP contribution in [0.15, 0.2) is 30.3 Å². The summed E-state index contributed by atoms with van der Waals surface area (Å²) in [6, 6.07) is 9.03. The summed E-state index contributed by atoms with van der Waals surface area (Å²) in [7, 11) is 0. The molecule has 0 saturated heterocycles. The van der Waals surface area contributed by atoms with Crippen LogP contribution in [0.1, 0.15) is 30.2 Å². The Bertz CT molecular complexity index is 671.